The van der Waals surface area contributed by atoms with Crippen LogP contribution in [0, 0.1) is 0 Å². The van der Waals surface area contributed by atoms with Crippen molar-refractivity contribution in [1.29, 1.82) is 0 Å². The highest BCUT2D eigenvalue weighted by atomic mass is 15.2. The highest BCUT2D eigenvalue weighted by Crippen LogP contribution is 2.15. The van der Waals surface area contributed by atoms with Crippen molar-refractivity contribution >= 4 is 5.82 Å². The number of nitrogens with zero attached hydrogens (tertiary/aromatic N) is 3. The SMILES string of the molecule is CCN(c1cccc(CNC(C)C)n1)C(C)CN(C)C. The average molecular weight is 278 g/mol. The molecule has 0 saturated heterocycles. The maximum absolute atomic E-state index is 4.79. The van der Waals surface area contributed by atoms with E-state index in [-0.39, 0.29) is 0 Å². The normalized spacial score (nSPS) is 13.0. The summed E-state index contributed by atoms with van der Waals surface area (Å²) in [5.41, 5.74) is 1.10. The number of aromatic nitrogens is 1. The van der Waals surface area contributed by atoms with E-state index in [0.29, 0.717) is 12.1 Å². The molecule has 0 amide bonds. The van der Waals surface area contributed by atoms with Crippen LogP contribution in [0.2, 0.25) is 0 Å². The summed E-state index contributed by atoms with van der Waals surface area (Å²) in [4.78, 5) is 9.37. The first-order valence-electron chi connectivity index (χ1n) is 7.54. The fourth-order valence-electron chi connectivity index (χ4n) is 2.36. The lowest BCUT2D eigenvalue weighted by Gasteiger charge is -2.31. The van der Waals surface area contributed by atoms with Gasteiger partial charge < -0.3 is 15.1 Å². The van der Waals surface area contributed by atoms with E-state index in [9.17, 15) is 0 Å². The van der Waals surface area contributed by atoms with Crippen LogP contribution in [0.3, 0.4) is 0 Å². The lowest BCUT2D eigenvalue weighted by Crippen LogP contribution is -2.40. The third kappa shape index (κ3) is 5.47. The number of anilines is 1. The van der Waals surface area contributed by atoms with Gasteiger partial charge in [0.1, 0.15) is 5.82 Å². The molecular formula is C16H30N4. The molecule has 114 valence electrons. The summed E-state index contributed by atoms with van der Waals surface area (Å²) in [5, 5.41) is 3.42. The molecule has 1 aromatic rings. The number of hydrogen-bond acceptors (Lipinski definition) is 4. The molecule has 0 aliphatic heterocycles. The highest BCUT2D eigenvalue weighted by molar-refractivity contribution is 5.40. The van der Waals surface area contributed by atoms with Gasteiger partial charge in [0.2, 0.25) is 0 Å². The molecule has 0 radical (unpaired) electrons. The van der Waals surface area contributed by atoms with Crippen molar-refractivity contribution in [1.82, 2.24) is 15.2 Å². The van der Waals surface area contributed by atoms with E-state index in [1.165, 1.54) is 0 Å². The van der Waals surface area contributed by atoms with E-state index in [1.807, 2.05) is 0 Å². The molecule has 0 spiro atoms. The molecule has 0 saturated carbocycles. The van der Waals surface area contributed by atoms with Crippen molar-refractivity contribution in [3.05, 3.63) is 23.9 Å². The zero-order valence-corrected chi connectivity index (χ0v) is 13.8. The minimum absolute atomic E-state index is 0.454. The van der Waals surface area contributed by atoms with Gasteiger partial charge in [-0.1, -0.05) is 19.9 Å². The lowest BCUT2D eigenvalue weighted by molar-refractivity contribution is 0.372. The molecule has 1 unspecified atom stereocenters. The Kier molecular flexibility index (Phi) is 6.96. The third-order valence-electron chi connectivity index (χ3n) is 3.28. The van der Waals surface area contributed by atoms with E-state index >= 15 is 0 Å². The topological polar surface area (TPSA) is 31.4 Å². The molecule has 1 rings (SSSR count). The van der Waals surface area contributed by atoms with Crippen molar-refractivity contribution in [2.24, 2.45) is 0 Å². The second-order valence-electron chi connectivity index (χ2n) is 5.92. The molecule has 4 nitrogen and oxygen atoms in total. The van der Waals surface area contributed by atoms with Crippen LogP contribution in [0.25, 0.3) is 0 Å². The van der Waals surface area contributed by atoms with E-state index in [2.05, 4.69) is 75.1 Å². The van der Waals surface area contributed by atoms with Gasteiger partial charge in [-0.25, -0.2) is 4.98 Å². The van der Waals surface area contributed by atoms with Gasteiger partial charge in [0.15, 0.2) is 0 Å². The Hall–Kier alpha value is -1.13. The molecular weight excluding hydrogens is 248 g/mol. The second kappa shape index (κ2) is 8.22. The Morgan fingerprint density at radius 3 is 2.45 bits per heavy atom. The second-order valence-corrected chi connectivity index (χ2v) is 5.92. The van der Waals surface area contributed by atoms with Gasteiger partial charge in [-0.2, -0.15) is 0 Å². The van der Waals surface area contributed by atoms with Crippen molar-refractivity contribution in [3.63, 3.8) is 0 Å². The molecule has 0 aliphatic carbocycles. The van der Waals surface area contributed by atoms with Gasteiger partial charge in [0.05, 0.1) is 5.69 Å². The summed E-state index contributed by atoms with van der Waals surface area (Å²) in [5.74, 6) is 1.07. The standard InChI is InChI=1S/C16H30N4/c1-7-20(14(4)12-19(5)6)16-10-8-9-15(18-16)11-17-13(2)3/h8-10,13-14,17H,7,11-12H2,1-6H3. The van der Waals surface area contributed by atoms with Gasteiger partial charge in [0, 0.05) is 31.7 Å². The lowest BCUT2D eigenvalue weighted by atomic mass is 10.2. The molecule has 0 aromatic carbocycles. The maximum Gasteiger partial charge on any atom is 0.129 e. The van der Waals surface area contributed by atoms with E-state index in [0.717, 1.165) is 31.1 Å². The van der Waals surface area contributed by atoms with Crippen molar-refractivity contribution in [2.75, 3.05) is 32.1 Å². The Bertz CT molecular complexity index is 390. The first-order valence-corrected chi connectivity index (χ1v) is 7.54. The number of hydrogen-bond donors (Lipinski definition) is 1. The highest BCUT2D eigenvalue weighted by Gasteiger charge is 2.15. The molecule has 1 aromatic heterocycles. The summed E-state index contributed by atoms with van der Waals surface area (Å²) >= 11 is 0. The Balaban J connectivity index is 2.79. The predicted molar refractivity (Wildman–Crippen MR) is 87.2 cm³/mol. The summed E-state index contributed by atoms with van der Waals surface area (Å²) in [7, 11) is 4.22. The summed E-state index contributed by atoms with van der Waals surface area (Å²) < 4.78 is 0. The third-order valence-corrected chi connectivity index (χ3v) is 3.28. The number of rotatable bonds is 8. The van der Waals surface area contributed by atoms with Crippen molar-refractivity contribution < 1.29 is 0 Å². The Morgan fingerprint density at radius 2 is 1.90 bits per heavy atom. The zero-order chi connectivity index (χ0) is 15.1. The van der Waals surface area contributed by atoms with Crippen LogP contribution >= 0.6 is 0 Å². The predicted octanol–water partition coefficient (Wildman–Crippen LogP) is 2.36. The molecule has 1 N–H and O–H groups in total. The first-order chi connectivity index (χ1) is 9.43. The minimum Gasteiger partial charge on any atom is -0.353 e. The molecule has 0 aliphatic rings. The fourth-order valence-corrected chi connectivity index (χ4v) is 2.36. The zero-order valence-electron chi connectivity index (χ0n) is 13.8. The van der Waals surface area contributed by atoms with Crippen LogP contribution in [0.15, 0.2) is 18.2 Å². The average Bonchev–Trinajstić information content (AvgIpc) is 2.37. The van der Waals surface area contributed by atoms with E-state index < -0.39 is 0 Å². The largest absolute Gasteiger partial charge is 0.353 e. The summed E-state index contributed by atoms with van der Waals surface area (Å²) in [6, 6.07) is 7.23. The number of nitrogens with one attached hydrogen (secondary N) is 1. The first kappa shape index (κ1) is 16.9. The van der Waals surface area contributed by atoms with Gasteiger partial charge >= 0.3 is 0 Å². The van der Waals surface area contributed by atoms with Crippen LogP contribution in [0.1, 0.15) is 33.4 Å². The van der Waals surface area contributed by atoms with Crippen LogP contribution in [-0.4, -0.2) is 49.2 Å². The smallest absolute Gasteiger partial charge is 0.129 e. The molecule has 4 heteroatoms. The van der Waals surface area contributed by atoms with Gasteiger partial charge in [-0.15, -0.1) is 0 Å². The fraction of sp³-hybridized carbons (Fsp3) is 0.688. The van der Waals surface area contributed by atoms with Crippen molar-refractivity contribution in [3.8, 4) is 0 Å². The van der Waals surface area contributed by atoms with E-state index in [1.54, 1.807) is 0 Å². The van der Waals surface area contributed by atoms with Crippen LogP contribution in [0.4, 0.5) is 5.82 Å². The van der Waals surface area contributed by atoms with Gasteiger partial charge in [-0.3, -0.25) is 0 Å². The van der Waals surface area contributed by atoms with Gasteiger partial charge in [-0.05, 0) is 40.1 Å². The molecule has 20 heavy (non-hydrogen) atoms. The monoisotopic (exact) mass is 278 g/mol. The van der Waals surface area contributed by atoms with Crippen LogP contribution in [0.5, 0.6) is 0 Å². The molecule has 1 heterocycles. The molecule has 1 atom stereocenters. The number of likely N-dealkylation sites (N-methyl/N-ethyl adjacent to an activating group) is 2. The quantitative estimate of drug-likeness (QED) is 0.791. The van der Waals surface area contributed by atoms with Crippen LogP contribution in [-0.2, 0) is 6.54 Å². The molecule has 0 bridgehead atoms. The van der Waals surface area contributed by atoms with Crippen molar-refractivity contribution in [2.45, 2.75) is 46.3 Å². The summed E-state index contributed by atoms with van der Waals surface area (Å²) in [6.07, 6.45) is 0. The van der Waals surface area contributed by atoms with Crippen LogP contribution < -0.4 is 10.2 Å². The minimum atomic E-state index is 0.454. The maximum atomic E-state index is 4.79. The van der Waals surface area contributed by atoms with Gasteiger partial charge in [0.25, 0.3) is 0 Å². The number of pyridine rings is 1. The molecule has 0 fully saturated rings. The van der Waals surface area contributed by atoms with E-state index in [4.69, 9.17) is 4.98 Å². The Labute approximate surface area is 124 Å². The summed E-state index contributed by atoms with van der Waals surface area (Å²) in [6.45, 7) is 11.6. The Morgan fingerprint density at radius 1 is 1.20 bits per heavy atom.